The second kappa shape index (κ2) is 6.51. The number of rotatable bonds is 4. The van der Waals surface area contributed by atoms with Gasteiger partial charge < -0.3 is 9.47 Å². The number of esters is 2. The summed E-state index contributed by atoms with van der Waals surface area (Å²) < 4.78 is 51.3. The van der Waals surface area contributed by atoms with Gasteiger partial charge in [0.15, 0.2) is 5.78 Å². The monoisotopic (exact) mass is 382 g/mol. The molecule has 0 aliphatic heterocycles. The topological polar surface area (TPSA) is 69.7 Å². The third-order valence-corrected chi connectivity index (χ3v) is 4.93. The molecule has 3 rings (SSSR count). The number of ketones is 1. The van der Waals surface area contributed by atoms with Crippen molar-refractivity contribution in [3.63, 3.8) is 0 Å². The molecule has 0 aromatic heterocycles. The van der Waals surface area contributed by atoms with Gasteiger partial charge >= 0.3 is 18.1 Å². The number of carbonyl (C=O) groups is 3. The molecule has 0 unspecified atom stereocenters. The Balaban J connectivity index is 2.23. The van der Waals surface area contributed by atoms with Crippen molar-refractivity contribution in [3.8, 4) is 0 Å². The van der Waals surface area contributed by atoms with E-state index in [4.69, 9.17) is 9.47 Å². The third-order valence-electron chi connectivity index (χ3n) is 4.93. The van der Waals surface area contributed by atoms with E-state index in [1.165, 1.54) is 26.0 Å². The Labute approximate surface area is 153 Å². The first-order chi connectivity index (χ1) is 12.7. The van der Waals surface area contributed by atoms with E-state index in [-0.39, 0.29) is 25.2 Å². The number of benzene rings is 1. The molecule has 5 nitrogen and oxygen atoms in total. The maximum absolute atomic E-state index is 13.9. The Morgan fingerprint density at radius 3 is 2.33 bits per heavy atom. The second-order valence-corrected chi connectivity index (χ2v) is 6.33. The molecule has 2 atom stereocenters. The lowest BCUT2D eigenvalue weighted by atomic mass is 9.53. The minimum absolute atomic E-state index is 0.0932. The number of hydrogen-bond donors (Lipinski definition) is 0. The average molecular weight is 382 g/mol. The first-order valence-corrected chi connectivity index (χ1v) is 8.48. The van der Waals surface area contributed by atoms with Crippen LogP contribution in [0.5, 0.6) is 0 Å². The van der Waals surface area contributed by atoms with Crippen LogP contribution >= 0.6 is 0 Å². The predicted molar refractivity (Wildman–Crippen MR) is 86.7 cm³/mol. The van der Waals surface area contributed by atoms with Crippen molar-refractivity contribution >= 4 is 17.7 Å². The first kappa shape index (κ1) is 19.1. The summed E-state index contributed by atoms with van der Waals surface area (Å²) in [7, 11) is 0. The number of allylic oxidation sites excluding steroid dienone is 1. The van der Waals surface area contributed by atoms with Gasteiger partial charge in [0.25, 0.3) is 0 Å². The molecule has 0 saturated carbocycles. The summed E-state index contributed by atoms with van der Waals surface area (Å²) in [5, 5.41) is 0. The highest BCUT2D eigenvalue weighted by molar-refractivity contribution is 6.15. The fourth-order valence-corrected chi connectivity index (χ4v) is 4.03. The highest BCUT2D eigenvalue weighted by Crippen LogP contribution is 2.63. The van der Waals surface area contributed by atoms with Crippen molar-refractivity contribution in [2.45, 2.75) is 26.4 Å². The van der Waals surface area contributed by atoms with Gasteiger partial charge in [-0.3, -0.25) is 9.59 Å². The van der Waals surface area contributed by atoms with Crippen LogP contribution in [0.15, 0.2) is 35.4 Å². The lowest BCUT2D eigenvalue weighted by Crippen LogP contribution is -2.58. The quantitative estimate of drug-likeness (QED) is 0.749. The molecule has 0 fully saturated rings. The van der Waals surface area contributed by atoms with Crippen molar-refractivity contribution in [2.24, 2.45) is 11.3 Å². The van der Waals surface area contributed by atoms with E-state index in [2.05, 4.69) is 0 Å². The molecular formula is C19H17F3O5. The van der Waals surface area contributed by atoms with E-state index in [9.17, 15) is 27.6 Å². The zero-order valence-electron chi connectivity index (χ0n) is 14.7. The molecule has 144 valence electrons. The number of fused-ring (bicyclic) bond motifs is 1. The first-order valence-electron chi connectivity index (χ1n) is 8.48. The highest BCUT2D eigenvalue weighted by atomic mass is 19.4. The van der Waals surface area contributed by atoms with E-state index >= 15 is 0 Å². The zero-order valence-corrected chi connectivity index (χ0v) is 14.7. The largest absolute Gasteiger partial charge is 0.465 e. The Hall–Kier alpha value is -2.64. The number of hydrogen-bond acceptors (Lipinski definition) is 5. The van der Waals surface area contributed by atoms with Crippen molar-refractivity contribution in [3.05, 3.63) is 46.5 Å². The third kappa shape index (κ3) is 2.65. The maximum atomic E-state index is 13.9. The van der Waals surface area contributed by atoms with Crippen molar-refractivity contribution in [1.29, 1.82) is 0 Å². The van der Waals surface area contributed by atoms with Gasteiger partial charge in [-0.25, -0.2) is 4.79 Å². The molecule has 2 aliphatic carbocycles. The van der Waals surface area contributed by atoms with Crippen molar-refractivity contribution < 1.29 is 37.0 Å². The number of halogens is 3. The van der Waals surface area contributed by atoms with Crippen LogP contribution in [0.4, 0.5) is 13.2 Å². The summed E-state index contributed by atoms with van der Waals surface area (Å²) in [6.07, 6.45) is -5.29. The Kier molecular flexibility index (Phi) is 4.61. The molecule has 1 spiro atoms. The molecule has 0 saturated heterocycles. The molecule has 27 heavy (non-hydrogen) atoms. The highest BCUT2D eigenvalue weighted by Gasteiger charge is 2.72. The standard InChI is InChI=1S/C19H17F3O5/c1-3-26-16(24)12-13(17(25)27-4-2)18(14(12)19(20,21)22)9-10-7-5-6-8-11(10)15(18)23/h5-8,13H,3-4,9H2,1-2H3/t13-,18-/m1/s1. The number of carbonyl (C=O) groups excluding carboxylic acids is 3. The predicted octanol–water partition coefficient (Wildman–Crippen LogP) is 3.03. The molecule has 8 heteroatoms. The van der Waals surface area contributed by atoms with Crippen LogP contribution in [-0.2, 0) is 25.5 Å². The summed E-state index contributed by atoms with van der Waals surface area (Å²) in [4.78, 5) is 37.7. The summed E-state index contributed by atoms with van der Waals surface area (Å²) in [6, 6.07) is 6.11. The Morgan fingerprint density at radius 2 is 1.78 bits per heavy atom. The fraction of sp³-hybridized carbons (Fsp3) is 0.421. The minimum atomic E-state index is -4.97. The summed E-state index contributed by atoms with van der Waals surface area (Å²) >= 11 is 0. The van der Waals surface area contributed by atoms with Crippen LogP contribution in [0, 0.1) is 11.3 Å². The van der Waals surface area contributed by atoms with Gasteiger partial charge in [-0.1, -0.05) is 24.3 Å². The van der Waals surface area contributed by atoms with E-state index in [0.29, 0.717) is 5.56 Å². The molecule has 2 aliphatic rings. The van der Waals surface area contributed by atoms with E-state index in [1.54, 1.807) is 12.1 Å². The van der Waals surface area contributed by atoms with Crippen LogP contribution in [-0.4, -0.2) is 37.1 Å². The Morgan fingerprint density at radius 1 is 1.15 bits per heavy atom. The molecule has 1 aromatic carbocycles. The molecule has 0 radical (unpaired) electrons. The van der Waals surface area contributed by atoms with Crippen LogP contribution in [0.2, 0.25) is 0 Å². The average Bonchev–Trinajstić information content (AvgIpc) is 2.87. The van der Waals surface area contributed by atoms with Crippen LogP contribution in [0.25, 0.3) is 0 Å². The molecule has 0 N–H and O–H groups in total. The summed E-state index contributed by atoms with van der Waals surface area (Å²) in [6.45, 7) is 2.68. The van der Waals surface area contributed by atoms with Crippen LogP contribution in [0.3, 0.4) is 0 Å². The van der Waals surface area contributed by atoms with E-state index < -0.39 is 46.4 Å². The Bertz CT molecular complexity index is 855. The normalized spacial score (nSPS) is 23.9. The number of ether oxygens (including phenoxy) is 2. The van der Waals surface area contributed by atoms with Gasteiger partial charge in [-0.15, -0.1) is 0 Å². The SMILES string of the molecule is CCOC(=O)C1=C(C(F)(F)F)[C@@]2(Cc3ccccc3C2=O)[C@H]1C(=O)OCC. The number of alkyl halides is 3. The lowest BCUT2D eigenvalue weighted by molar-refractivity contribution is -0.162. The van der Waals surface area contributed by atoms with Gasteiger partial charge in [-0.05, 0) is 25.8 Å². The van der Waals surface area contributed by atoms with Gasteiger partial charge in [-0.2, -0.15) is 13.2 Å². The molecule has 1 aromatic rings. The van der Waals surface area contributed by atoms with Gasteiger partial charge in [0.2, 0.25) is 0 Å². The zero-order chi connectivity index (χ0) is 20.0. The molecule has 0 bridgehead atoms. The fourth-order valence-electron chi connectivity index (χ4n) is 4.03. The van der Waals surface area contributed by atoms with E-state index in [0.717, 1.165) is 0 Å². The molecule has 0 heterocycles. The molecular weight excluding hydrogens is 365 g/mol. The minimum Gasteiger partial charge on any atom is -0.465 e. The van der Waals surface area contributed by atoms with Crippen LogP contribution in [0.1, 0.15) is 29.8 Å². The maximum Gasteiger partial charge on any atom is 0.414 e. The lowest BCUT2D eigenvalue weighted by Gasteiger charge is -2.47. The second-order valence-electron chi connectivity index (χ2n) is 6.33. The smallest absolute Gasteiger partial charge is 0.414 e. The van der Waals surface area contributed by atoms with Gasteiger partial charge in [0, 0.05) is 5.56 Å². The van der Waals surface area contributed by atoms with Gasteiger partial charge in [0.05, 0.1) is 29.8 Å². The van der Waals surface area contributed by atoms with Gasteiger partial charge in [0.1, 0.15) is 5.92 Å². The molecule has 0 amide bonds. The van der Waals surface area contributed by atoms with Crippen LogP contribution < -0.4 is 0 Å². The van der Waals surface area contributed by atoms with E-state index in [1.807, 2.05) is 0 Å². The van der Waals surface area contributed by atoms with Crippen molar-refractivity contribution in [1.82, 2.24) is 0 Å². The number of Topliss-reactive ketones (excluding diaryl/α,β-unsaturated/α-hetero) is 1. The summed E-state index contributed by atoms with van der Waals surface area (Å²) in [5.41, 5.74) is -3.79. The van der Waals surface area contributed by atoms with Crippen molar-refractivity contribution in [2.75, 3.05) is 13.2 Å². The summed E-state index contributed by atoms with van der Waals surface area (Å²) in [5.74, 6) is -4.75.